The third-order valence-electron chi connectivity index (χ3n) is 10.4. The minimum atomic E-state index is -0.375. The molecular formula is C41H47N5O4. The standard InChI is InChI=1S/C41H47N5O4/c1-8-12-18-46(19-13-9-2)29-17-15-27-21-31(41(48)50-37(27)23-29)33-25-35-39(44(33)7)38-34(42(35)5)24-32(43(38)6)30-20-26-14-16-28(45(10-3)11-4)22-36(26)49-40(30)47/h14-17,20-25H,8-13,18-19H2,1-7H3. The summed E-state index contributed by atoms with van der Waals surface area (Å²) >= 11 is 0. The summed E-state index contributed by atoms with van der Waals surface area (Å²) < 4.78 is 18.1. The van der Waals surface area contributed by atoms with Gasteiger partial charge in [-0.2, -0.15) is 0 Å². The zero-order valence-corrected chi connectivity index (χ0v) is 30.3. The summed E-state index contributed by atoms with van der Waals surface area (Å²) in [6.07, 6.45) is 4.50. The van der Waals surface area contributed by atoms with Crippen LogP contribution in [0.15, 0.2) is 79.1 Å². The van der Waals surface area contributed by atoms with Gasteiger partial charge in [0.05, 0.1) is 44.6 Å². The van der Waals surface area contributed by atoms with Crippen LogP contribution >= 0.6 is 0 Å². The molecule has 0 aliphatic rings. The van der Waals surface area contributed by atoms with Crippen molar-refractivity contribution in [2.24, 2.45) is 21.1 Å². The van der Waals surface area contributed by atoms with Crippen molar-refractivity contribution in [3.8, 4) is 22.5 Å². The van der Waals surface area contributed by atoms with E-state index in [1.807, 2.05) is 57.5 Å². The lowest BCUT2D eigenvalue weighted by atomic mass is 10.1. The summed E-state index contributed by atoms with van der Waals surface area (Å²) in [4.78, 5) is 31.7. The number of benzene rings is 2. The molecule has 0 aliphatic heterocycles. The van der Waals surface area contributed by atoms with Gasteiger partial charge in [-0.25, -0.2) is 9.59 Å². The first-order chi connectivity index (χ1) is 24.2. The Morgan fingerprint density at radius 1 is 0.560 bits per heavy atom. The maximum atomic E-state index is 13.6. The lowest BCUT2D eigenvalue weighted by molar-refractivity contribution is 0.562. The van der Waals surface area contributed by atoms with Crippen molar-refractivity contribution < 1.29 is 8.83 Å². The Balaban J connectivity index is 1.30. The molecule has 0 unspecified atom stereocenters. The lowest BCUT2D eigenvalue weighted by Gasteiger charge is -2.24. The Morgan fingerprint density at radius 3 is 1.42 bits per heavy atom. The quantitative estimate of drug-likeness (QED) is 0.121. The molecule has 50 heavy (non-hydrogen) atoms. The normalized spacial score (nSPS) is 11.9. The number of aryl methyl sites for hydroxylation is 3. The summed E-state index contributed by atoms with van der Waals surface area (Å²) in [6, 6.07) is 20.2. The van der Waals surface area contributed by atoms with Crippen LogP contribution < -0.4 is 21.1 Å². The van der Waals surface area contributed by atoms with E-state index in [2.05, 4.69) is 75.5 Å². The minimum absolute atomic E-state index is 0.365. The van der Waals surface area contributed by atoms with Gasteiger partial charge in [-0.15, -0.1) is 0 Å². The maximum Gasteiger partial charge on any atom is 0.345 e. The fourth-order valence-corrected chi connectivity index (χ4v) is 7.50. The molecule has 9 nitrogen and oxygen atoms in total. The second-order valence-electron chi connectivity index (χ2n) is 13.4. The van der Waals surface area contributed by atoms with Crippen LogP contribution in [0.3, 0.4) is 0 Å². The SMILES string of the molecule is CCCCN(CCCC)c1ccc2cc(-c3cc4c(c5c(cc(-c6cc7ccc(N(CC)CC)cc7oc6=O)n5C)n4C)n3C)c(=O)oc2c1. The zero-order valence-electron chi connectivity index (χ0n) is 30.3. The number of anilines is 2. The molecule has 5 heterocycles. The van der Waals surface area contributed by atoms with Crippen LogP contribution in [-0.4, -0.2) is 39.9 Å². The molecule has 0 fully saturated rings. The Kier molecular flexibility index (Phi) is 8.84. The van der Waals surface area contributed by atoms with E-state index in [0.29, 0.717) is 22.3 Å². The van der Waals surface area contributed by atoms with Gasteiger partial charge in [0.1, 0.15) is 11.2 Å². The molecule has 0 atom stereocenters. The predicted octanol–water partition coefficient (Wildman–Crippen LogP) is 8.81. The largest absolute Gasteiger partial charge is 0.422 e. The maximum absolute atomic E-state index is 13.6. The first-order valence-electron chi connectivity index (χ1n) is 18.0. The van der Waals surface area contributed by atoms with E-state index in [4.69, 9.17) is 8.83 Å². The van der Waals surface area contributed by atoms with Crippen LogP contribution in [-0.2, 0) is 21.1 Å². The highest BCUT2D eigenvalue weighted by Crippen LogP contribution is 2.38. The zero-order chi connectivity index (χ0) is 35.3. The molecular weight excluding hydrogens is 626 g/mol. The summed E-state index contributed by atoms with van der Waals surface area (Å²) in [7, 11) is 5.97. The van der Waals surface area contributed by atoms with Gasteiger partial charge in [-0.05, 0) is 75.2 Å². The van der Waals surface area contributed by atoms with Crippen molar-refractivity contribution in [2.75, 3.05) is 36.0 Å². The van der Waals surface area contributed by atoms with Gasteiger partial charge in [-0.3, -0.25) is 0 Å². The van der Waals surface area contributed by atoms with Crippen molar-refractivity contribution in [1.29, 1.82) is 0 Å². The Labute approximate surface area is 291 Å². The molecule has 0 saturated carbocycles. The second kappa shape index (κ2) is 13.3. The minimum Gasteiger partial charge on any atom is -0.422 e. The molecule has 5 aromatic heterocycles. The summed E-state index contributed by atoms with van der Waals surface area (Å²) in [6.45, 7) is 12.4. The Morgan fingerprint density at radius 2 is 1.00 bits per heavy atom. The van der Waals surface area contributed by atoms with Gasteiger partial charge in [0.15, 0.2) is 0 Å². The number of unbranched alkanes of at least 4 members (excludes halogenated alkanes) is 2. The van der Waals surface area contributed by atoms with Crippen LogP contribution in [0.5, 0.6) is 0 Å². The first kappa shape index (κ1) is 33.3. The molecule has 0 amide bonds. The van der Waals surface area contributed by atoms with Gasteiger partial charge in [-0.1, -0.05) is 26.7 Å². The van der Waals surface area contributed by atoms with Crippen LogP contribution in [0.1, 0.15) is 53.4 Å². The molecule has 9 heteroatoms. The van der Waals surface area contributed by atoms with Crippen molar-refractivity contribution in [3.05, 3.63) is 81.5 Å². The second-order valence-corrected chi connectivity index (χ2v) is 13.4. The fraction of sp³-hybridized carbons (Fsp3) is 0.366. The van der Waals surface area contributed by atoms with Gasteiger partial charge in [0, 0.05) is 81.6 Å². The first-order valence-corrected chi connectivity index (χ1v) is 18.0. The highest BCUT2D eigenvalue weighted by Gasteiger charge is 2.24. The lowest BCUT2D eigenvalue weighted by Crippen LogP contribution is -2.25. The number of hydrogen-bond acceptors (Lipinski definition) is 6. The fourth-order valence-electron chi connectivity index (χ4n) is 7.50. The Hall–Kier alpha value is -5.18. The Bertz CT molecular complexity index is 2480. The summed E-state index contributed by atoms with van der Waals surface area (Å²) in [5.74, 6) is 0. The molecule has 2 aromatic carbocycles. The average Bonchev–Trinajstić information content (AvgIpc) is 3.72. The van der Waals surface area contributed by atoms with E-state index in [0.717, 1.165) is 107 Å². The molecule has 7 aromatic rings. The molecule has 260 valence electrons. The summed E-state index contributed by atoms with van der Waals surface area (Å²) in [5, 5.41) is 1.76. The number of fused-ring (bicyclic) bond motifs is 5. The third-order valence-corrected chi connectivity index (χ3v) is 10.4. The van der Waals surface area contributed by atoms with E-state index in [1.165, 1.54) is 0 Å². The highest BCUT2D eigenvalue weighted by atomic mass is 16.4. The number of rotatable bonds is 12. The topological polar surface area (TPSA) is 81.7 Å². The molecule has 0 N–H and O–H groups in total. The van der Waals surface area contributed by atoms with Crippen molar-refractivity contribution in [3.63, 3.8) is 0 Å². The highest BCUT2D eigenvalue weighted by molar-refractivity contribution is 6.09. The van der Waals surface area contributed by atoms with Crippen LogP contribution in [0.25, 0.3) is 66.5 Å². The van der Waals surface area contributed by atoms with Crippen LogP contribution in [0.2, 0.25) is 0 Å². The van der Waals surface area contributed by atoms with Crippen LogP contribution in [0, 0.1) is 0 Å². The molecule has 0 saturated heterocycles. The average molecular weight is 674 g/mol. The van der Waals surface area contributed by atoms with Crippen LogP contribution in [0.4, 0.5) is 11.4 Å². The molecule has 0 radical (unpaired) electrons. The molecule has 0 aliphatic carbocycles. The van der Waals surface area contributed by atoms with E-state index >= 15 is 0 Å². The van der Waals surface area contributed by atoms with E-state index in [1.54, 1.807) is 0 Å². The summed E-state index contributed by atoms with van der Waals surface area (Å²) in [5.41, 5.74) is 9.03. The monoisotopic (exact) mass is 673 g/mol. The predicted molar refractivity (Wildman–Crippen MR) is 207 cm³/mol. The van der Waals surface area contributed by atoms with E-state index < -0.39 is 0 Å². The van der Waals surface area contributed by atoms with E-state index in [9.17, 15) is 9.59 Å². The molecule has 7 rings (SSSR count). The number of aromatic nitrogens is 3. The smallest absolute Gasteiger partial charge is 0.345 e. The van der Waals surface area contributed by atoms with Gasteiger partial charge in [0.2, 0.25) is 0 Å². The van der Waals surface area contributed by atoms with Gasteiger partial charge >= 0.3 is 11.3 Å². The van der Waals surface area contributed by atoms with Crippen molar-refractivity contribution in [1.82, 2.24) is 13.7 Å². The van der Waals surface area contributed by atoms with Crippen molar-refractivity contribution >= 4 is 55.4 Å². The number of hydrogen-bond donors (Lipinski definition) is 0. The number of nitrogens with zero attached hydrogens (tertiary/aromatic N) is 5. The van der Waals surface area contributed by atoms with Gasteiger partial charge in [0.25, 0.3) is 0 Å². The van der Waals surface area contributed by atoms with E-state index in [-0.39, 0.29) is 11.3 Å². The molecule has 0 spiro atoms. The van der Waals surface area contributed by atoms with Crippen molar-refractivity contribution in [2.45, 2.75) is 53.4 Å². The molecule has 0 bridgehead atoms. The third kappa shape index (κ3) is 5.49. The van der Waals surface area contributed by atoms with Gasteiger partial charge < -0.3 is 32.3 Å².